The fourth-order valence-corrected chi connectivity index (χ4v) is 19.2. The van der Waals surface area contributed by atoms with Gasteiger partial charge in [-0.25, -0.2) is 0 Å². The minimum atomic E-state index is -0.589. The summed E-state index contributed by atoms with van der Waals surface area (Å²) < 4.78 is 3.81. The maximum absolute atomic E-state index is 2.50. The Labute approximate surface area is 134 Å². The van der Waals surface area contributed by atoms with Crippen molar-refractivity contribution in [3.63, 3.8) is 0 Å². The van der Waals surface area contributed by atoms with Gasteiger partial charge in [0.1, 0.15) is 0 Å². The van der Waals surface area contributed by atoms with Crippen molar-refractivity contribution >= 4 is 26.4 Å². The van der Waals surface area contributed by atoms with E-state index in [1.165, 1.54) is 14.1 Å². The molecule has 2 heteroatoms. The van der Waals surface area contributed by atoms with Crippen molar-refractivity contribution in [3.8, 4) is 0 Å². The van der Waals surface area contributed by atoms with E-state index in [9.17, 15) is 0 Å². The van der Waals surface area contributed by atoms with Gasteiger partial charge in [0.2, 0.25) is 0 Å². The molecule has 114 valence electrons. The summed E-state index contributed by atoms with van der Waals surface area (Å²) in [4.78, 5) is 0. The van der Waals surface area contributed by atoms with E-state index < -0.39 is 14.7 Å². The van der Waals surface area contributed by atoms with Crippen LogP contribution in [0.2, 0.25) is 14.1 Å². The summed E-state index contributed by atoms with van der Waals surface area (Å²) in [6, 6.07) is 0. The molecule has 1 heterocycles. The van der Waals surface area contributed by atoms with Crippen LogP contribution in [0.3, 0.4) is 0 Å². The van der Waals surface area contributed by atoms with Gasteiger partial charge in [0, 0.05) is 0 Å². The predicted octanol–water partition coefficient (Wildman–Crippen LogP) is 6.19. The van der Waals surface area contributed by atoms with Crippen LogP contribution in [-0.2, 0) is 0 Å². The monoisotopic (exact) mass is 354 g/mol. The van der Waals surface area contributed by atoms with Crippen molar-refractivity contribution < 1.29 is 0 Å². The molecule has 0 aromatic carbocycles. The minimum absolute atomic E-state index is 0.589. The molecule has 3 saturated carbocycles. The average Bonchev–Trinajstić information content (AvgIpc) is 2.53. The van der Waals surface area contributed by atoms with Gasteiger partial charge < -0.3 is 0 Å². The molecule has 4 rings (SSSR count). The van der Waals surface area contributed by atoms with Crippen LogP contribution in [-0.4, -0.2) is 25.2 Å². The van der Waals surface area contributed by atoms with Gasteiger partial charge in [-0.05, 0) is 0 Å². The van der Waals surface area contributed by atoms with Crippen molar-refractivity contribution in [2.45, 2.75) is 108 Å². The molecule has 0 bridgehead atoms. The average molecular weight is 354 g/mol. The van der Waals surface area contributed by atoms with Gasteiger partial charge >= 0.3 is 135 Å². The molecule has 0 aromatic rings. The fourth-order valence-electron chi connectivity index (χ4n) is 5.55. The van der Waals surface area contributed by atoms with Crippen molar-refractivity contribution in [2.75, 3.05) is 0 Å². The van der Waals surface area contributed by atoms with Crippen molar-refractivity contribution in [3.05, 3.63) is 0 Å². The predicted molar refractivity (Wildman–Crippen MR) is 92.2 cm³/mol. The molecule has 3 aliphatic carbocycles. The Balaban J connectivity index is 1.58. The zero-order valence-corrected chi connectivity index (χ0v) is 15.6. The number of thioether (sulfide) groups is 1. The molecule has 4 aliphatic rings. The molecular formula is C18H31AsS. The summed E-state index contributed by atoms with van der Waals surface area (Å²) in [5.74, 6) is 0. The Morgan fingerprint density at radius 1 is 0.550 bits per heavy atom. The Kier molecular flexibility index (Phi) is 4.76. The second-order valence-electron chi connectivity index (χ2n) is 7.66. The van der Waals surface area contributed by atoms with E-state index in [2.05, 4.69) is 11.8 Å². The molecular weight excluding hydrogens is 323 g/mol. The van der Waals surface area contributed by atoms with Crippen LogP contribution in [0.15, 0.2) is 0 Å². The van der Waals surface area contributed by atoms with Crippen LogP contribution in [0, 0.1) is 0 Å². The molecule has 4 fully saturated rings. The summed E-state index contributed by atoms with van der Waals surface area (Å²) in [7, 11) is 0. The van der Waals surface area contributed by atoms with Crippen LogP contribution in [0.1, 0.15) is 83.5 Å². The summed E-state index contributed by atoms with van der Waals surface area (Å²) in [5.41, 5.74) is 0. The first-order chi connectivity index (χ1) is 9.93. The van der Waals surface area contributed by atoms with Crippen molar-refractivity contribution in [2.24, 2.45) is 0 Å². The van der Waals surface area contributed by atoms with Crippen LogP contribution in [0.25, 0.3) is 0 Å². The van der Waals surface area contributed by atoms with Crippen LogP contribution in [0.5, 0.6) is 0 Å². The van der Waals surface area contributed by atoms with E-state index in [1.807, 2.05) is 0 Å². The molecule has 1 aliphatic heterocycles. The fraction of sp³-hybridized carbons (Fsp3) is 1.00. The number of fused-ring (bicyclic) bond motifs is 2. The van der Waals surface area contributed by atoms with Gasteiger partial charge in [-0.15, -0.1) is 0 Å². The maximum atomic E-state index is 2.50. The van der Waals surface area contributed by atoms with Gasteiger partial charge in [0.15, 0.2) is 0 Å². The summed E-state index contributed by atoms with van der Waals surface area (Å²) in [6.07, 6.45) is 20.8. The normalized spacial score (nSPS) is 46.5. The summed E-state index contributed by atoms with van der Waals surface area (Å²) >= 11 is 1.91. The Hall–Kier alpha value is 0.908. The zero-order valence-electron chi connectivity index (χ0n) is 12.9. The number of hydrogen-bond acceptors (Lipinski definition) is 1. The first kappa shape index (κ1) is 14.5. The molecule has 0 nitrogen and oxygen atoms in total. The standard InChI is InChI=1S/C18H31AsS/c1-2-8-14(9-3-1)19-15-10-4-6-12-17(15)20-18-13-7-5-11-16(18)19/h14-18H,1-13H2. The van der Waals surface area contributed by atoms with Crippen LogP contribution < -0.4 is 0 Å². The Bertz CT molecular complexity index is 303. The first-order valence-corrected chi connectivity index (χ1v) is 13.6. The van der Waals surface area contributed by atoms with Gasteiger partial charge in [-0.2, -0.15) is 0 Å². The second-order valence-corrected chi connectivity index (χ2v) is 15.3. The van der Waals surface area contributed by atoms with Gasteiger partial charge in [0.05, 0.1) is 0 Å². The quantitative estimate of drug-likeness (QED) is 0.506. The molecule has 0 radical (unpaired) electrons. The van der Waals surface area contributed by atoms with E-state index in [-0.39, 0.29) is 0 Å². The number of hydrogen-bond donors (Lipinski definition) is 0. The molecule has 20 heavy (non-hydrogen) atoms. The van der Waals surface area contributed by atoms with Crippen molar-refractivity contribution in [1.29, 1.82) is 0 Å². The van der Waals surface area contributed by atoms with Gasteiger partial charge in [0.25, 0.3) is 0 Å². The summed E-state index contributed by atoms with van der Waals surface area (Å²) in [6.45, 7) is 0. The van der Waals surface area contributed by atoms with E-state index in [4.69, 9.17) is 0 Å². The van der Waals surface area contributed by atoms with E-state index in [1.54, 1.807) is 83.5 Å². The van der Waals surface area contributed by atoms with E-state index >= 15 is 0 Å². The molecule has 0 aromatic heterocycles. The van der Waals surface area contributed by atoms with Crippen LogP contribution in [0.4, 0.5) is 0 Å². The van der Waals surface area contributed by atoms with E-state index in [0.29, 0.717) is 0 Å². The molecule has 0 spiro atoms. The molecule has 4 atom stereocenters. The SMILES string of the molecule is C1CCC([As]2C3CCCCC3SC3CCCCC32)CC1. The topological polar surface area (TPSA) is 0 Å². The first-order valence-electron chi connectivity index (χ1n) is 9.36. The Morgan fingerprint density at radius 2 is 1.05 bits per heavy atom. The van der Waals surface area contributed by atoms with Gasteiger partial charge in [-0.3, -0.25) is 0 Å². The van der Waals surface area contributed by atoms with Gasteiger partial charge in [-0.1, -0.05) is 0 Å². The molecule has 0 N–H and O–H groups in total. The summed E-state index contributed by atoms with van der Waals surface area (Å²) in [5, 5.41) is 2.26. The van der Waals surface area contributed by atoms with Crippen molar-refractivity contribution in [1.82, 2.24) is 0 Å². The molecule has 1 saturated heterocycles. The zero-order chi connectivity index (χ0) is 13.4. The Morgan fingerprint density at radius 3 is 1.65 bits per heavy atom. The third-order valence-electron chi connectivity index (χ3n) is 6.45. The third-order valence-corrected chi connectivity index (χ3v) is 17.8. The van der Waals surface area contributed by atoms with Crippen LogP contribution >= 0.6 is 11.8 Å². The second kappa shape index (κ2) is 6.57. The molecule has 4 unspecified atom stereocenters. The number of rotatable bonds is 1. The third kappa shape index (κ3) is 2.76. The van der Waals surface area contributed by atoms with E-state index in [0.717, 1.165) is 10.5 Å². The molecule has 0 amide bonds.